The highest BCUT2D eigenvalue weighted by molar-refractivity contribution is 5.95. The predicted octanol–water partition coefficient (Wildman–Crippen LogP) is 1.78. The Balaban J connectivity index is 0.00000261. The van der Waals surface area contributed by atoms with Crippen molar-refractivity contribution >= 4 is 29.9 Å². The monoisotopic (exact) mass is 395 g/mol. The molecule has 3 rings (SSSR count). The van der Waals surface area contributed by atoms with Crippen LogP contribution in [0.2, 0.25) is 0 Å². The number of nitrogens with one attached hydrogen (secondary N) is 3. The molecular weight excluding hydrogens is 377 g/mol. The molecule has 9 heteroatoms. The van der Waals surface area contributed by atoms with Gasteiger partial charge in [-0.05, 0) is 53.9 Å². The van der Waals surface area contributed by atoms with Gasteiger partial charge in [-0.25, -0.2) is 9.87 Å². The van der Waals surface area contributed by atoms with E-state index in [0.717, 1.165) is 11.1 Å². The van der Waals surface area contributed by atoms with Gasteiger partial charge in [-0.2, -0.15) is 0 Å². The van der Waals surface area contributed by atoms with Crippen LogP contribution in [0.15, 0.2) is 42.5 Å². The van der Waals surface area contributed by atoms with Gasteiger partial charge in [-0.3, -0.25) is 14.8 Å². The molecule has 4 N–H and O–H groups in total. The lowest BCUT2D eigenvalue weighted by atomic mass is 9.95. The van der Waals surface area contributed by atoms with E-state index in [-0.39, 0.29) is 30.7 Å². The highest BCUT2D eigenvalue weighted by Gasteiger charge is 2.24. The number of rotatable bonds is 5. The van der Waals surface area contributed by atoms with E-state index in [0.29, 0.717) is 24.4 Å². The fraction of sp³-hybridized carbons (Fsp3) is 0.222. The van der Waals surface area contributed by atoms with Crippen molar-refractivity contribution in [2.24, 2.45) is 0 Å². The minimum absolute atomic E-state index is 0. The molecule has 2 amide bonds. The Labute approximate surface area is 161 Å². The van der Waals surface area contributed by atoms with Crippen LogP contribution in [-0.2, 0) is 22.6 Å². The third kappa shape index (κ3) is 5.40. The predicted molar refractivity (Wildman–Crippen MR) is 98.5 cm³/mol. The first-order chi connectivity index (χ1) is 12.5. The Morgan fingerprint density at radius 2 is 1.93 bits per heavy atom. The molecule has 0 unspecified atom stereocenters. The number of benzene rings is 2. The number of anilines is 1. The summed E-state index contributed by atoms with van der Waals surface area (Å²) in [5.74, 6) is -0.689. The number of halogens is 2. The van der Waals surface area contributed by atoms with Gasteiger partial charge in [-0.15, -0.1) is 12.4 Å². The summed E-state index contributed by atoms with van der Waals surface area (Å²) in [4.78, 5) is 23.4. The first-order valence-electron chi connectivity index (χ1n) is 8.02. The zero-order valence-electron chi connectivity index (χ0n) is 14.2. The molecule has 0 radical (unpaired) electrons. The molecule has 0 aliphatic carbocycles. The van der Waals surface area contributed by atoms with Crippen LogP contribution in [0.5, 0.6) is 5.75 Å². The molecule has 1 heterocycles. The average Bonchev–Trinajstić information content (AvgIpc) is 2.67. The summed E-state index contributed by atoms with van der Waals surface area (Å²) in [6.45, 7) is 0.186. The lowest BCUT2D eigenvalue weighted by molar-refractivity contribution is -0.131. The molecule has 144 valence electrons. The fourth-order valence-electron chi connectivity index (χ4n) is 2.71. The lowest BCUT2D eigenvalue weighted by Gasteiger charge is -2.26. The Kier molecular flexibility index (Phi) is 7.12. The SMILES string of the molecule is Cl.O=C(COc1ccc2c(c1)CN[C@H](C(=O)Nc1ccc(F)cc1)C2)NO. The molecule has 0 bridgehead atoms. The van der Waals surface area contributed by atoms with Crippen molar-refractivity contribution in [3.05, 3.63) is 59.4 Å². The molecule has 7 nitrogen and oxygen atoms in total. The van der Waals surface area contributed by atoms with Crippen LogP contribution in [0, 0.1) is 5.82 Å². The number of hydrogen-bond acceptors (Lipinski definition) is 5. The number of carbonyl (C=O) groups is 2. The van der Waals surface area contributed by atoms with Gasteiger partial charge in [0, 0.05) is 12.2 Å². The topological polar surface area (TPSA) is 99.7 Å². The Morgan fingerprint density at radius 3 is 2.63 bits per heavy atom. The quantitative estimate of drug-likeness (QED) is 0.457. The van der Waals surface area contributed by atoms with Crippen molar-refractivity contribution in [1.29, 1.82) is 0 Å². The summed E-state index contributed by atoms with van der Waals surface area (Å²) in [5.41, 5.74) is 4.01. The minimum atomic E-state index is -0.640. The molecule has 0 saturated carbocycles. The van der Waals surface area contributed by atoms with Gasteiger partial charge < -0.3 is 15.4 Å². The van der Waals surface area contributed by atoms with Crippen LogP contribution < -0.4 is 20.9 Å². The van der Waals surface area contributed by atoms with Gasteiger partial charge in [-0.1, -0.05) is 6.07 Å². The second kappa shape index (κ2) is 9.31. The summed E-state index contributed by atoms with van der Waals surface area (Å²) < 4.78 is 18.2. The molecule has 2 aromatic carbocycles. The number of fused-ring (bicyclic) bond motifs is 1. The zero-order valence-corrected chi connectivity index (χ0v) is 15.0. The maximum atomic E-state index is 12.9. The number of ether oxygens (including phenoxy) is 1. The molecule has 1 atom stereocenters. The van der Waals surface area contributed by atoms with E-state index in [4.69, 9.17) is 9.94 Å². The number of hydroxylamine groups is 1. The van der Waals surface area contributed by atoms with E-state index in [2.05, 4.69) is 10.6 Å². The van der Waals surface area contributed by atoms with E-state index in [1.165, 1.54) is 29.7 Å². The summed E-state index contributed by atoms with van der Waals surface area (Å²) in [6, 6.07) is 10.5. The van der Waals surface area contributed by atoms with Crippen LogP contribution in [0.3, 0.4) is 0 Å². The second-order valence-corrected chi connectivity index (χ2v) is 5.89. The average molecular weight is 396 g/mol. The first kappa shape index (κ1) is 20.6. The normalized spacial score (nSPS) is 15.1. The largest absolute Gasteiger partial charge is 0.484 e. The van der Waals surface area contributed by atoms with E-state index in [1.807, 2.05) is 6.07 Å². The molecule has 1 aliphatic heterocycles. The van der Waals surface area contributed by atoms with Crippen molar-refractivity contribution in [3.63, 3.8) is 0 Å². The molecule has 1 aliphatic rings. The van der Waals surface area contributed by atoms with Crippen molar-refractivity contribution in [2.75, 3.05) is 11.9 Å². The highest BCUT2D eigenvalue weighted by Crippen LogP contribution is 2.23. The molecule has 27 heavy (non-hydrogen) atoms. The summed E-state index contributed by atoms with van der Waals surface area (Å²) >= 11 is 0. The Bertz CT molecular complexity index is 817. The van der Waals surface area contributed by atoms with Crippen LogP contribution in [0.1, 0.15) is 11.1 Å². The molecule has 0 saturated heterocycles. The molecular formula is C18H19ClFN3O4. The minimum Gasteiger partial charge on any atom is -0.484 e. The van der Waals surface area contributed by atoms with Crippen molar-refractivity contribution < 1.29 is 23.9 Å². The molecule has 2 aromatic rings. The molecule has 0 fully saturated rings. The summed E-state index contributed by atoms with van der Waals surface area (Å²) in [7, 11) is 0. The van der Waals surface area contributed by atoms with Gasteiger partial charge in [0.25, 0.3) is 5.91 Å². The summed E-state index contributed by atoms with van der Waals surface area (Å²) in [6.07, 6.45) is 0.500. The van der Waals surface area contributed by atoms with Crippen molar-refractivity contribution in [3.8, 4) is 5.75 Å². The number of amides is 2. The van der Waals surface area contributed by atoms with E-state index in [1.54, 1.807) is 12.1 Å². The second-order valence-electron chi connectivity index (χ2n) is 5.89. The Morgan fingerprint density at radius 1 is 1.19 bits per heavy atom. The first-order valence-corrected chi connectivity index (χ1v) is 8.02. The van der Waals surface area contributed by atoms with Crippen molar-refractivity contribution in [2.45, 2.75) is 19.0 Å². The van der Waals surface area contributed by atoms with E-state index >= 15 is 0 Å². The van der Waals surface area contributed by atoms with E-state index < -0.39 is 11.9 Å². The van der Waals surface area contributed by atoms with Gasteiger partial charge >= 0.3 is 0 Å². The maximum absolute atomic E-state index is 12.9. The molecule has 0 spiro atoms. The third-order valence-corrected chi connectivity index (χ3v) is 4.06. The zero-order chi connectivity index (χ0) is 18.5. The molecule has 0 aromatic heterocycles. The van der Waals surface area contributed by atoms with Crippen LogP contribution in [0.25, 0.3) is 0 Å². The van der Waals surface area contributed by atoms with Crippen LogP contribution >= 0.6 is 12.4 Å². The highest BCUT2D eigenvalue weighted by atomic mass is 35.5. The summed E-state index contributed by atoms with van der Waals surface area (Å²) in [5, 5.41) is 14.4. The van der Waals surface area contributed by atoms with Gasteiger partial charge in [0.2, 0.25) is 5.91 Å². The van der Waals surface area contributed by atoms with Crippen molar-refractivity contribution in [1.82, 2.24) is 10.8 Å². The van der Waals surface area contributed by atoms with Crippen LogP contribution in [-0.4, -0.2) is 29.7 Å². The van der Waals surface area contributed by atoms with Gasteiger partial charge in [0.1, 0.15) is 11.6 Å². The van der Waals surface area contributed by atoms with Gasteiger partial charge in [0.05, 0.1) is 6.04 Å². The van der Waals surface area contributed by atoms with Crippen LogP contribution in [0.4, 0.5) is 10.1 Å². The Hall–Kier alpha value is -2.68. The number of carbonyl (C=O) groups excluding carboxylic acids is 2. The number of hydrogen-bond donors (Lipinski definition) is 4. The fourth-order valence-corrected chi connectivity index (χ4v) is 2.71. The van der Waals surface area contributed by atoms with Gasteiger partial charge in [0.15, 0.2) is 6.61 Å². The lowest BCUT2D eigenvalue weighted by Crippen LogP contribution is -2.44. The van der Waals surface area contributed by atoms with E-state index in [9.17, 15) is 14.0 Å². The smallest absolute Gasteiger partial charge is 0.281 e. The standard InChI is InChI=1S/C18H18FN3O4.ClH/c19-13-2-4-14(5-3-13)21-18(24)16-8-11-1-6-15(7-12(11)9-20-16)26-10-17(23)22-25;/h1-7,16,20,25H,8-10H2,(H,21,24)(H,22,23);1H/t16-;/m0./s1. The maximum Gasteiger partial charge on any atom is 0.281 e. The third-order valence-electron chi connectivity index (χ3n) is 4.06.